The van der Waals surface area contributed by atoms with Crippen LogP contribution in [0.2, 0.25) is 0 Å². The van der Waals surface area contributed by atoms with E-state index in [4.69, 9.17) is 5.73 Å². The van der Waals surface area contributed by atoms with Crippen molar-refractivity contribution < 1.29 is 0 Å². The van der Waals surface area contributed by atoms with E-state index in [2.05, 4.69) is 42.7 Å². The van der Waals surface area contributed by atoms with E-state index in [0.717, 1.165) is 22.4 Å². The predicted molar refractivity (Wildman–Crippen MR) is 76.7 cm³/mol. The molecule has 0 saturated heterocycles. The summed E-state index contributed by atoms with van der Waals surface area (Å²) in [5.41, 5.74) is 7.52. The van der Waals surface area contributed by atoms with E-state index >= 15 is 0 Å². The molecule has 96 valence electrons. The van der Waals surface area contributed by atoms with Crippen molar-refractivity contribution in [3.05, 3.63) is 24.5 Å². The Balaban J connectivity index is 2.53. The molecule has 2 rings (SSSR count). The van der Waals surface area contributed by atoms with Crippen molar-refractivity contribution in [1.82, 2.24) is 9.97 Å². The van der Waals surface area contributed by atoms with Gasteiger partial charge in [0.05, 0.1) is 5.52 Å². The molecule has 1 unspecified atom stereocenters. The molecular weight excluding hydrogens is 224 g/mol. The molecule has 1 atom stereocenters. The lowest BCUT2D eigenvalue weighted by molar-refractivity contribution is 0.503. The van der Waals surface area contributed by atoms with Crippen molar-refractivity contribution in [3.63, 3.8) is 0 Å². The highest BCUT2D eigenvalue weighted by Gasteiger charge is 2.17. The van der Waals surface area contributed by atoms with Crippen LogP contribution in [0.5, 0.6) is 0 Å². The van der Waals surface area contributed by atoms with E-state index < -0.39 is 0 Å². The third kappa shape index (κ3) is 2.23. The molecule has 18 heavy (non-hydrogen) atoms. The second-order valence-corrected chi connectivity index (χ2v) is 5.07. The maximum absolute atomic E-state index is 5.85. The number of anilines is 2. The van der Waals surface area contributed by atoms with E-state index in [1.165, 1.54) is 0 Å². The van der Waals surface area contributed by atoms with Crippen molar-refractivity contribution in [3.8, 4) is 0 Å². The highest BCUT2D eigenvalue weighted by atomic mass is 15.2. The number of nitrogens with two attached hydrogens (primary N) is 1. The molecule has 4 heteroatoms. The first-order valence-corrected chi connectivity index (χ1v) is 6.23. The standard InChI is InChI=1S/C14H20N4/c1-9(2)10(3)18(4)14-12-7-11(15)5-6-13(12)16-8-17-14/h5-10H,15H2,1-4H3. The van der Waals surface area contributed by atoms with Crippen LogP contribution in [0, 0.1) is 5.92 Å². The van der Waals surface area contributed by atoms with Gasteiger partial charge in [-0.2, -0.15) is 0 Å². The van der Waals surface area contributed by atoms with Gasteiger partial charge < -0.3 is 10.6 Å². The molecule has 4 nitrogen and oxygen atoms in total. The number of aromatic nitrogens is 2. The van der Waals surface area contributed by atoms with Gasteiger partial charge in [-0.3, -0.25) is 0 Å². The van der Waals surface area contributed by atoms with Gasteiger partial charge in [0, 0.05) is 24.2 Å². The van der Waals surface area contributed by atoms with Gasteiger partial charge in [0.25, 0.3) is 0 Å². The first-order valence-electron chi connectivity index (χ1n) is 6.23. The number of nitrogens with zero attached hydrogens (tertiary/aromatic N) is 3. The molecule has 0 aliphatic rings. The Hall–Kier alpha value is -1.84. The summed E-state index contributed by atoms with van der Waals surface area (Å²) in [7, 11) is 2.07. The molecule has 0 aliphatic heterocycles. The fraction of sp³-hybridized carbons (Fsp3) is 0.429. The second kappa shape index (κ2) is 4.80. The fourth-order valence-electron chi connectivity index (χ4n) is 1.98. The van der Waals surface area contributed by atoms with Crippen LogP contribution in [0.25, 0.3) is 10.9 Å². The summed E-state index contributed by atoms with van der Waals surface area (Å²) in [6.07, 6.45) is 1.61. The lowest BCUT2D eigenvalue weighted by atomic mass is 10.0. The zero-order valence-electron chi connectivity index (χ0n) is 11.4. The van der Waals surface area contributed by atoms with Gasteiger partial charge in [-0.25, -0.2) is 9.97 Å². The van der Waals surface area contributed by atoms with E-state index in [9.17, 15) is 0 Å². The molecule has 0 bridgehead atoms. The molecule has 0 spiro atoms. The molecule has 1 aromatic heterocycles. The van der Waals surface area contributed by atoms with Crippen molar-refractivity contribution in [2.75, 3.05) is 17.7 Å². The summed E-state index contributed by atoms with van der Waals surface area (Å²) in [6.45, 7) is 6.61. The van der Waals surface area contributed by atoms with Crippen molar-refractivity contribution in [2.45, 2.75) is 26.8 Å². The van der Waals surface area contributed by atoms with Gasteiger partial charge in [0.2, 0.25) is 0 Å². The molecule has 0 radical (unpaired) electrons. The average molecular weight is 244 g/mol. The zero-order valence-corrected chi connectivity index (χ0v) is 11.4. The molecule has 0 saturated carbocycles. The van der Waals surface area contributed by atoms with Crippen LogP contribution in [0.3, 0.4) is 0 Å². The third-order valence-corrected chi connectivity index (χ3v) is 3.55. The Morgan fingerprint density at radius 2 is 1.89 bits per heavy atom. The summed E-state index contributed by atoms with van der Waals surface area (Å²) in [5.74, 6) is 1.49. The Kier molecular flexibility index (Phi) is 3.36. The fourth-order valence-corrected chi connectivity index (χ4v) is 1.98. The van der Waals surface area contributed by atoms with Crippen LogP contribution in [0.4, 0.5) is 11.5 Å². The van der Waals surface area contributed by atoms with Crippen LogP contribution in [-0.4, -0.2) is 23.1 Å². The maximum atomic E-state index is 5.85. The van der Waals surface area contributed by atoms with Gasteiger partial charge >= 0.3 is 0 Å². The Morgan fingerprint density at radius 1 is 1.17 bits per heavy atom. The van der Waals surface area contributed by atoms with Crippen molar-refractivity contribution in [2.24, 2.45) is 5.92 Å². The van der Waals surface area contributed by atoms with Gasteiger partial charge in [0.15, 0.2) is 0 Å². The topological polar surface area (TPSA) is 55.0 Å². The quantitative estimate of drug-likeness (QED) is 0.843. The first kappa shape index (κ1) is 12.6. The monoisotopic (exact) mass is 244 g/mol. The summed E-state index contributed by atoms with van der Waals surface area (Å²) in [4.78, 5) is 10.9. The molecule has 2 aromatic rings. The minimum absolute atomic E-state index is 0.407. The number of benzene rings is 1. The number of rotatable bonds is 3. The smallest absolute Gasteiger partial charge is 0.139 e. The highest BCUT2D eigenvalue weighted by Crippen LogP contribution is 2.26. The van der Waals surface area contributed by atoms with Crippen LogP contribution in [0.1, 0.15) is 20.8 Å². The molecule has 1 heterocycles. The van der Waals surface area contributed by atoms with Gasteiger partial charge in [-0.1, -0.05) is 13.8 Å². The van der Waals surface area contributed by atoms with Gasteiger partial charge in [0.1, 0.15) is 12.1 Å². The number of hydrogen-bond donors (Lipinski definition) is 1. The van der Waals surface area contributed by atoms with E-state index in [-0.39, 0.29) is 0 Å². The summed E-state index contributed by atoms with van der Waals surface area (Å²) in [5, 5.41) is 1.01. The van der Waals surface area contributed by atoms with Crippen LogP contribution in [0.15, 0.2) is 24.5 Å². The van der Waals surface area contributed by atoms with E-state index in [1.54, 1.807) is 6.33 Å². The van der Waals surface area contributed by atoms with E-state index in [0.29, 0.717) is 12.0 Å². The van der Waals surface area contributed by atoms with Crippen LogP contribution in [-0.2, 0) is 0 Å². The number of fused-ring (bicyclic) bond motifs is 1. The summed E-state index contributed by atoms with van der Waals surface area (Å²) >= 11 is 0. The largest absolute Gasteiger partial charge is 0.399 e. The molecule has 2 N–H and O–H groups in total. The Bertz CT molecular complexity index is 550. The van der Waals surface area contributed by atoms with E-state index in [1.807, 2.05) is 18.2 Å². The number of hydrogen-bond acceptors (Lipinski definition) is 4. The molecule has 0 amide bonds. The van der Waals surface area contributed by atoms with Gasteiger partial charge in [-0.05, 0) is 31.0 Å². The van der Waals surface area contributed by atoms with Crippen molar-refractivity contribution in [1.29, 1.82) is 0 Å². The zero-order chi connectivity index (χ0) is 13.3. The minimum Gasteiger partial charge on any atom is -0.399 e. The Labute approximate surface area is 108 Å². The molecular formula is C14H20N4. The predicted octanol–water partition coefficient (Wildman–Crippen LogP) is 2.69. The second-order valence-electron chi connectivity index (χ2n) is 5.07. The van der Waals surface area contributed by atoms with Crippen molar-refractivity contribution >= 4 is 22.4 Å². The summed E-state index contributed by atoms with van der Waals surface area (Å²) < 4.78 is 0. The highest BCUT2D eigenvalue weighted by molar-refractivity contribution is 5.91. The van der Waals surface area contributed by atoms with Crippen LogP contribution >= 0.6 is 0 Å². The Morgan fingerprint density at radius 3 is 2.56 bits per heavy atom. The molecule has 0 aliphatic carbocycles. The normalized spacial score (nSPS) is 12.9. The third-order valence-electron chi connectivity index (χ3n) is 3.55. The van der Waals surface area contributed by atoms with Crippen LogP contribution < -0.4 is 10.6 Å². The molecule has 0 fully saturated rings. The lowest BCUT2D eigenvalue weighted by Crippen LogP contribution is -2.33. The first-order chi connectivity index (χ1) is 8.50. The number of nitrogen functional groups attached to an aromatic ring is 1. The van der Waals surface area contributed by atoms with Gasteiger partial charge in [-0.15, -0.1) is 0 Å². The lowest BCUT2D eigenvalue weighted by Gasteiger charge is -2.29. The summed E-state index contributed by atoms with van der Waals surface area (Å²) in [6, 6.07) is 6.15. The average Bonchev–Trinajstić information content (AvgIpc) is 2.36. The SMILES string of the molecule is CC(C)C(C)N(C)c1ncnc2ccc(N)cc12. The maximum Gasteiger partial charge on any atom is 0.139 e. The minimum atomic E-state index is 0.407. The molecule has 1 aromatic carbocycles.